The molecule has 2 aromatic carbocycles. The van der Waals surface area contributed by atoms with Crippen molar-refractivity contribution in [2.75, 3.05) is 0 Å². The lowest BCUT2D eigenvalue weighted by atomic mass is 10.0. The minimum atomic E-state index is -0.685. The molecule has 0 radical (unpaired) electrons. The molecule has 0 unspecified atom stereocenters. The zero-order chi connectivity index (χ0) is 18.4. The zero-order valence-electron chi connectivity index (χ0n) is 15.0. The van der Waals surface area contributed by atoms with Crippen molar-refractivity contribution in [3.8, 4) is 17.6 Å². The number of phenols is 1. The summed E-state index contributed by atoms with van der Waals surface area (Å²) in [6, 6.07) is 14.0. The lowest BCUT2D eigenvalue weighted by molar-refractivity contribution is 0.0515. The molecular formula is C21H23NO3. The van der Waals surface area contributed by atoms with Crippen LogP contribution in [0.3, 0.4) is 0 Å². The number of rotatable bonds is 2. The van der Waals surface area contributed by atoms with E-state index in [9.17, 15) is 9.90 Å². The molecule has 1 amide bonds. The summed E-state index contributed by atoms with van der Waals surface area (Å²) in [6.07, 6.45) is -0.583. The third-order valence-electron chi connectivity index (χ3n) is 3.29. The van der Waals surface area contributed by atoms with Crippen LogP contribution in [0.1, 0.15) is 43.5 Å². The fourth-order valence-corrected chi connectivity index (χ4v) is 2.20. The number of nitrogens with one attached hydrogen (secondary N) is 1. The monoisotopic (exact) mass is 337 g/mol. The van der Waals surface area contributed by atoms with Gasteiger partial charge in [-0.25, -0.2) is 4.79 Å². The van der Waals surface area contributed by atoms with Crippen LogP contribution in [0.2, 0.25) is 0 Å². The van der Waals surface area contributed by atoms with E-state index in [0.717, 1.165) is 11.1 Å². The van der Waals surface area contributed by atoms with E-state index in [1.54, 1.807) is 39.0 Å². The highest BCUT2D eigenvalue weighted by Gasteiger charge is 2.21. The highest BCUT2D eigenvalue weighted by Crippen LogP contribution is 2.25. The van der Waals surface area contributed by atoms with Gasteiger partial charge in [0.15, 0.2) is 0 Å². The van der Waals surface area contributed by atoms with Gasteiger partial charge < -0.3 is 15.2 Å². The molecule has 0 aliphatic carbocycles. The van der Waals surface area contributed by atoms with E-state index in [-0.39, 0.29) is 5.75 Å². The molecule has 2 aromatic rings. The first-order valence-corrected chi connectivity index (χ1v) is 8.10. The molecule has 25 heavy (non-hydrogen) atoms. The molecule has 0 saturated heterocycles. The van der Waals surface area contributed by atoms with Gasteiger partial charge in [-0.15, -0.1) is 0 Å². The summed E-state index contributed by atoms with van der Waals surface area (Å²) in [7, 11) is 0. The topological polar surface area (TPSA) is 58.6 Å². The SMILES string of the molecule is Cc1ccc(O)c([C@@H](C#Cc2ccccc2)NC(=O)OC(C)(C)C)c1. The van der Waals surface area contributed by atoms with Crippen LogP contribution < -0.4 is 5.32 Å². The largest absolute Gasteiger partial charge is 0.508 e. The molecule has 0 aliphatic rings. The number of benzene rings is 2. The van der Waals surface area contributed by atoms with E-state index in [0.29, 0.717) is 5.56 Å². The molecule has 0 spiro atoms. The zero-order valence-corrected chi connectivity index (χ0v) is 15.0. The van der Waals surface area contributed by atoms with Gasteiger partial charge >= 0.3 is 6.09 Å². The Morgan fingerprint density at radius 2 is 1.84 bits per heavy atom. The Balaban J connectivity index is 2.33. The number of ether oxygens (including phenoxy) is 1. The average molecular weight is 337 g/mol. The van der Waals surface area contributed by atoms with Crippen molar-refractivity contribution in [3.05, 3.63) is 65.2 Å². The van der Waals surface area contributed by atoms with Gasteiger partial charge in [-0.2, -0.15) is 0 Å². The van der Waals surface area contributed by atoms with E-state index >= 15 is 0 Å². The summed E-state index contributed by atoms with van der Waals surface area (Å²) in [4.78, 5) is 12.2. The second kappa shape index (κ2) is 7.76. The van der Waals surface area contributed by atoms with Crippen molar-refractivity contribution in [2.24, 2.45) is 0 Å². The standard InChI is InChI=1S/C21H23NO3/c1-15-10-13-19(23)17(14-15)18(22-20(24)25-21(2,3)4)12-11-16-8-6-5-7-9-16/h5-10,13-14,18,23H,1-4H3,(H,22,24)/t18-/m1/s1. The van der Waals surface area contributed by atoms with Crippen molar-refractivity contribution in [3.63, 3.8) is 0 Å². The fraction of sp³-hybridized carbons (Fsp3) is 0.286. The highest BCUT2D eigenvalue weighted by atomic mass is 16.6. The molecule has 2 rings (SSSR count). The van der Waals surface area contributed by atoms with Crippen LogP contribution in [0.4, 0.5) is 4.79 Å². The van der Waals surface area contributed by atoms with E-state index in [4.69, 9.17) is 4.74 Å². The smallest absolute Gasteiger partial charge is 0.408 e. The second-order valence-electron chi connectivity index (χ2n) is 6.78. The first-order chi connectivity index (χ1) is 11.7. The van der Waals surface area contributed by atoms with Crippen LogP contribution in [0.15, 0.2) is 48.5 Å². The minimum Gasteiger partial charge on any atom is -0.508 e. The van der Waals surface area contributed by atoms with Gasteiger partial charge in [0.25, 0.3) is 0 Å². The quantitative estimate of drug-likeness (QED) is 0.803. The maximum absolute atomic E-state index is 12.2. The fourth-order valence-electron chi connectivity index (χ4n) is 2.20. The second-order valence-corrected chi connectivity index (χ2v) is 6.78. The van der Waals surface area contributed by atoms with Crippen molar-refractivity contribution in [1.82, 2.24) is 5.32 Å². The summed E-state index contributed by atoms with van der Waals surface area (Å²) in [5, 5.41) is 12.9. The van der Waals surface area contributed by atoms with Gasteiger partial charge in [-0.1, -0.05) is 41.7 Å². The molecule has 0 bridgehead atoms. The molecule has 4 nitrogen and oxygen atoms in total. The Morgan fingerprint density at radius 3 is 2.48 bits per heavy atom. The van der Waals surface area contributed by atoms with Gasteiger partial charge in [-0.05, 0) is 52.0 Å². The van der Waals surface area contributed by atoms with E-state index in [1.807, 2.05) is 37.3 Å². The number of amides is 1. The summed E-state index contributed by atoms with van der Waals surface area (Å²) in [5.41, 5.74) is 1.71. The van der Waals surface area contributed by atoms with Crippen LogP contribution in [0.25, 0.3) is 0 Å². The lowest BCUT2D eigenvalue weighted by Crippen LogP contribution is -2.34. The first kappa shape index (κ1) is 18.4. The van der Waals surface area contributed by atoms with Gasteiger partial charge in [0.05, 0.1) is 0 Å². The molecule has 130 valence electrons. The predicted molar refractivity (Wildman–Crippen MR) is 98.3 cm³/mol. The average Bonchev–Trinajstić information content (AvgIpc) is 2.53. The van der Waals surface area contributed by atoms with Gasteiger partial charge in [0.1, 0.15) is 17.4 Å². The molecular weight excluding hydrogens is 314 g/mol. The van der Waals surface area contributed by atoms with Gasteiger partial charge in [0, 0.05) is 11.1 Å². The lowest BCUT2D eigenvalue weighted by Gasteiger charge is -2.22. The number of aromatic hydroxyl groups is 1. The third kappa shape index (κ3) is 5.89. The maximum Gasteiger partial charge on any atom is 0.408 e. The molecule has 0 aliphatic heterocycles. The summed E-state index contributed by atoms with van der Waals surface area (Å²) >= 11 is 0. The molecule has 1 atom stereocenters. The minimum absolute atomic E-state index is 0.0778. The normalized spacial score (nSPS) is 11.8. The molecule has 4 heteroatoms. The Labute approximate surface area is 148 Å². The van der Waals surface area contributed by atoms with Crippen molar-refractivity contribution >= 4 is 6.09 Å². The van der Waals surface area contributed by atoms with E-state index in [1.165, 1.54) is 0 Å². The Hall–Kier alpha value is -2.93. The van der Waals surface area contributed by atoms with Gasteiger partial charge in [0.2, 0.25) is 0 Å². The number of hydrogen-bond donors (Lipinski definition) is 2. The molecule has 0 aromatic heterocycles. The van der Waals surface area contributed by atoms with Crippen molar-refractivity contribution in [1.29, 1.82) is 0 Å². The Kier molecular flexibility index (Phi) is 5.71. The highest BCUT2D eigenvalue weighted by molar-refractivity contribution is 5.69. The summed E-state index contributed by atoms with van der Waals surface area (Å²) in [6.45, 7) is 7.29. The first-order valence-electron chi connectivity index (χ1n) is 8.10. The molecule has 0 heterocycles. The summed E-state index contributed by atoms with van der Waals surface area (Å²) < 4.78 is 5.31. The number of alkyl carbamates (subject to hydrolysis) is 1. The van der Waals surface area contributed by atoms with Crippen LogP contribution >= 0.6 is 0 Å². The number of carbonyl (C=O) groups is 1. The van der Waals surface area contributed by atoms with Crippen molar-refractivity contribution < 1.29 is 14.6 Å². The van der Waals surface area contributed by atoms with Gasteiger partial charge in [-0.3, -0.25) is 0 Å². The van der Waals surface area contributed by atoms with Crippen LogP contribution in [0.5, 0.6) is 5.75 Å². The number of carbonyl (C=O) groups excluding carboxylic acids is 1. The van der Waals surface area contributed by atoms with E-state index in [2.05, 4.69) is 17.2 Å². The molecule has 0 saturated carbocycles. The molecule has 2 N–H and O–H groups in total. The van der Waals surface area contributed by atoms with Crippen LogP contribution in [-0.4, -0.2) is 16.8 Å². The summed E-state index contributed by atoms with van der Waals surface area (Å²) in [5.74, 6) is 6.12. The number of hydrogen-bond acceptors (Lipinski definition) is 3. The Bertz CT molecular complexity index is 795. The maximum atomic E-state index is 12.2. The third-order valence-corrected chi connectivity index (χ3v) is 3.29. The van der Waals surface area contributed by atoms with Crippen LogP contribution in [-0.2, 0) is 4.74 Å². The molecule has 0 fully saturated rings. The predicted octanol–water partition coefficient (Wildman–Crippen LogP) is 4.32. The number of aryl methyl sites for hydroxylation is 1. The number of phenolic OH excluding ortho intramolecular Hbond substituents is 1. The Morgan fingerprint density at radius 1 is 1.16 bits per heavy atom. The van der Waals surface area contributed by atoms with E-state index < -0.39 is 17.7 Å². The van der Waals surface area contributed by atoms with Crippen molar-refractivity contribution in [2.45, 2.75) is 39.3 Å². The van der Waals surface area contributed by atoms with Crippen LogP contribution in [0, 0.1) is 18.8 Å².